The maximum absolute atomic E-state index is 12.1. The lowest BCUT2D eigenvalue weighted by atomic mass is 10.1. The minimum atomic E-state index is -0.511. The van der Waals surface area contributed by atoms with E-state index in [4.69, 9.17) is 5.26 Å². The average Bonchev–Trinajstić information content (AvgIpc) is 2.65. The molecule has 0 aliphatic heterocycles. The molecule has 0 saturated carbocycles. The highest BCUT2D eigenvalue weighted by Crippen LogP contribution is 2.11. The Kier molecular flexibility index (Phi) is 4.17. The van der Waals surface area contributed by atoms with Crippen LogP contribution >= 0.6 is 0 Å². The second kappa shape index (κ2) is 6.58. The number of nitriles is 1. The third-order valence-corrected chi connectivity index (χ3v) is 3.40. The van der Waals surface area contributed by atoms with E-state index in [0.29, 0.717) is 16.6 Å². The minimum Gasteiger partial charge on any atom is -0.267 e. The number of nitrogens with zero attached hydrogens (tertiary/aromatic N) is 2. The fourth-order valence-electron chi connectivity index (χ4n) is 2.14. The Morgan fingerprint density at radius 3 is 2.33 bits per heavy atom. The number of carbonyl (C=O) groups is 2. The third-order valence-electron chi connectivity index (χ3n) is 3.40. The summed E-state index contributed by atoms with van der Waals surface area (Å²) in [7, 11) is 0. The zero-order valence-electron chi connectivity index (χ0n) is 12.5. The first-order chi connectivity index (χ1) is 11.7. The lowest BCUT2D eigenvalue weighted by Gasteiger charge is -2.07. The van der Waals surface area contributed by atoms with Gasteiger partial charge in [-0.15, -0.1) is 0 Å². The molecule has 0 aliphatic rings. The fraction of sp³-hybridized carbons (Fsp3) is 0. The summed E-state index contributed by atoms with van der Waals surface area (Å²) in [4.78, 5) is 28.3. The number of rotatable bonds is 2. The van der Waals surface area contributed by atoms with Crippen LogP contribution in [0.3, 0.4) is 0 Å². The predicted octanol–water partition coefficient (Wildman–Crippen LogP) is 2.18. The van der Waals surface area contributed by atoms with Crippen molar-refractivity contribution in [3.05, 3.63) is 77.5 Å². The van der Waals surface area contributed by atoms with Gasteiger partial charge in [0.25, 0.3) is 11.8 Å². The van der Waals surface area contributed by atoms with E-state index in [2.05, 4.69) is 15.8 Å². The highest BCUT2D eigenvalue weighted by Gasteiger charge is 2.10. The van der Waals surface area contributed by atoms with Gasteiger partial charge in [-0.2, -0.15) is 5.26 Å². The number of aromatic nitrogens is 1. The summed E-state index contributed by atoms with van der Waals surface area (Å²) in [5.74, 6) is -0.989. The number of pyridine rings is 1. The molecule has 0 unspecified atom stereocenters. The monoisotopic (exact) mass is 316 g/mol. The Bertz CT molecular complexity index is 959. The Morgan fingerprint density at radius 2 is 1.58 bits per heavy atom. The van der Waals surface area contributed by atoms with Crippen LogP contribution in [0.5, 0.6) is 0 Å². The van der Waals surface area contributed by atoms with E-state index in [0.717, 1.165) is 5.39 Å². The maximum Gasteiger partial charge on any atom is 0.288 e. The molecular weight excluding hydrogens is 304 g/mol. The molecule has 3 rings (SSSR count). The molecule has 2 N–H and O–H groups in total. The van der Waals surface area contributed by atoms with Gasteiger partial charge in [0.15, 0.2) is 0 Å². The lowest BCUT2D eigenvalue weighted by Crippen LogP contribution is -2.41. The van der Waals surface area contributed by atoms with Crippen molar-refractivity contribution in [2.75, 3.05) is 0 Å². The fourth-order valence-corrected chi connectivity index (χ4v) is 2.14. The summed E-state index contributed by atoms with van der Waals surface area (Å²) in [5, 5.41) is 9.66. The van der Waals surface area contributed by atoms with Crippen molar-refractivity contribution in [1.82, 2.24) is 15.8 Å². The highest BCUT2D eigenvalue weighted by atomic mass is 16.2. The molecule has 0 atom stereocenters. The molecule has 6 heteroatoms. The summed E-state index contributed by atoms with van der Waals surface area (Å²) in [6, 6.07) is 18.9. The summed E-state index contributed by atoms with van der Waals surface area (Å²) < 4.78 is 0. The smallest absolute Gasteiger partial charge is 0.267 e. The van der Waals surface area contributed by atoms with Crippen LogP contribution in [0.1, 0.15) is 26.4 Å². The Morgan fingerprint density at radius 1 is 0.875 bits per heavy atom. The molecule has 1 aromatic heterocycles. The number of benzene rings is 2. The summed E-state index contributed by atoms with van der Waals surface area (Å²) in [6.45, 7) is 0. The summed E-state index contributed by atoms with van der Waals surface area (Å²) >= 11 is 0. The molecule has 2 amide bonds. The number of hydrazine groups is 1. The normalized spacial score (nSPS) is 9.96. The second-order valence-electron chi connectivity index (χ2n) is 4.99. The molecule has 116 valence electrons. The number of amides is 2. The Labute approximate surface area is 137 Å². The van der Waals surface area contributed by atoms with E-state index in [1.165, 1.54) is 24.3 Å². The molecule has 2 aromatic carbocycles. The molecule has 3 aromatic rings. The van der Waals surface area contributed by atoms with Crippen LogP contribution < -0.4 is 10.9 Å². The van der Waals surface area contributed by atoms with Crippen molar-refractivity contribution in [1.29, 1.82) is 5.26 Å². The van der Waals surface area contributed by atoms with Crippen molar-refractivity contribution >= 4 is 22.7 Å². The lowest BCUT2D eigenvalue weighted by molar-refractivity contribution is 0.0844. The van der Waals surface area contributed by atoms with Gasteiger partial charge in [-0.05, 0) is 36.4 Å². The van der Waals surface area contributed by atoms with Crippen LogP contribution in [-0.2, 0) is 0 Å². The molecule has 0 fully saturated rings. The molecule has 24 heavy (non-hydrogen) atoms. The van der Waals surface area contributed by atoms with E-state index < -0.39 is 11.8 Å². The third kappa shape index (κ3) is 3.20. The molecule has 1 heterocycles. The molecule has 0 radical (unpaired) electrons. The van der Waals surface area contributed by atoms with Crippen LogP contribution in [0, 0.1) is 11.3 Å². The van der Waals surface area contributed by atoms with Gasteiger partial charge < -0.3 is 0 Å². The van der Waals surface area contributed by atoms with Gasteiger partial charge in [-0.3, -0.25) is 20.4 Å². The van der Waals surface area contributed by atoms with Crippen molar-refractivity contribution in [2.24, 2.45) is 0 Å². The van der Waals surface area contributed by atoms with E-state index >= 15 is 0 Å². The maximum atomic E-state index is 12.1. The van der Waals surface area contributed by atoms with E-state index in [-0.39, 0.29) is 5.69 Å². The zero-order chi connectivity index (χ0) is 16.9. The van der Waals surface area contributed by atoms with Gasteiger partial charge in [0.05, 0.1) is 17.1 Å². The van der Waals surface area contributed by atoms with E-state index in [1.54, 1.807) is 18.2 Å². The Hall–Kier alpha value is -3.72. The molecule has 0 aliphatic carbocycles. The van der Waals surface area contributed by atoms with Gasteiger partial charge in [-0.1, -0.05) is 24.3 Å². The first-order valence-corrected chi connectivity index (χ1v) is 7.14. The average molecular weight is 316 g/mol. The minimum absolute atomic E-state index is 0.203. The summed E-state index contributed by atoms with van der Waals surface area (Å²) in [5.41, 5.74) is 6.33. The van der Waals surface area contributed by atoms with E-state index in [9.17, 15) is 9.59 Å². The molecule has 6 nitrogen and oxygen atoms in total. The number of hydrogen-bond acceptors (Lipinski definition) is 4. The number of hydrogen-bond donors (Lipinski definition) is 2. The first kappa shape index (κ1) is 15.2. The van der Waals surface area contributed by atoms with Crippen molar-refractivity contribution in [3.63, 3.8) is 0 Å². The molecule has 0 saturated heterocycles. The van der Waals surface area contributed by atoms with Crippen molar-refractivity contribution < 1.29 is 9.59 Å². The molecule has 0 spiro atoms. The van der Waals surface area contributed by atoms with Crippen LogP contribution in [0.15, 0.2) is 60.7 Å². The molecular formula is C18H12N4O2. The zero-order valence-corrected chi connectivity index (χ0v) is 12.5. The number of para-hydroxylation sites is 1. The van der Waals surface area contributed by atoms with Crippen LogP contribution in [0.25, 0.3) is 10.9 Å². The predicted molar refractivity (Wildman–Crippen MR) is 87.8 cm³/mol. The summed E-state index contributed by atoms with van der Waals surface area (Å²) in [6.07, 6.45) is 0. The SMILES string of the molecule is N#Cc1ccc(C(=O)NNC(=O)c2ccc3ccccc3n2)cc1. The van der Waals surface area contributed by atoms with Gasteiger partial charge in [0, 0.05) is 10.9 Å². The van der Waals surface area contributed by atoms with Gasteiger partial charge in [-0.25, -0.2) is 4.98 Å². The van der Waals surface area contributed by atoms with Gasteiger partial charge >= 0.3 is 0 Å². The van der Waals surface area contributed by atoms with Gasteiger partial charge in [0.1, 0.15) is 5.69 Å². The van der Waals surface area contributed by atoms with Gasteiger partial charge in [0.2, 0.25) is 0 Å². The second-order valence-corrected chi connectivity index (χ2v) is 4.99. The standard InChI is InChI=1S/C18H12N4O2/c19-11-12-5-7-14(8-6-12)17(23)21-22-18(24)16-10-9-13-3-1-2-4-15(13)20-16/h1-10H,(H,21,23)(H,22,24). The first-order valence-electron chi connectivity index (χ1n) is 7.14. The van der Waals surface area contributed by atoms with Crippen molar-refractivity contribution in [3.8, 4) is 6.07 Å². The number of nitrogens with one attached hydrogen (secondary N) is 2. The highest BCUT2D eigenvalue weighted by molar-refractivity contribution is 5.99. The Balaban J connectivity index is 1.67. The van der Waals surface area contributed by atoms with Crippen LogP contribution in [-0.4, -0.2) is 16.8 Å². The number of carbonyl (C=O) groups excluding carboxylic acids is 2. The van der Waals surface area contributed by atoms with Crippen molar-refractivity contribution in [2.45, 2.75) is 0 Å². The quantitative estimate of drug-likeness (QED) is 0.708. The van der Waals surface area contributed by atoms with E-state index in [1.807, 2.05) is 24.3 Å². The van der Waals surface area contributed by atoms with Crippen LogP contribution in [0.4, 0.5) is 0 Å². The number of fused-ring (bicyclic) bond motifs is 1. The topological polar surface area (TPSA) is 94.9 Å². The largest absolute Gasteiger partial charge is 0.288 e. The van der Waals surface area contributed by atoms with Crippen LogP contribution in [0.2, 0.25) is 0 Å². The molecule has 0 bridgehead atoms.